The van der Waals surface area contributed by atoms with Gasteiger partial charge < -0.3 is 14.3 Å². The zero-order valence-electron chi connectivity index (χ0n) is 17.3. The smallest absolute Gasteiger partial charge is 0.298 e. The minimum absolute atomic E-state index is 0.115. The van der Waals surface area contributed by atoms with Crippen LogP contribution < -0.4 is 5.15 Å². The van der Waals surface area contributed by atoms with E-state index in [-0.39, 0.29) is 29.0 Å². The van der Waals surface area contributed by atoms with Gasteiger partial charge >= 0.3 is 0 Å². The molecule has 4 unspecified atom stereocenters. The third-order valence-electron chi connectivity index (χ3n) is 6.01. The van der Waals surface area contributed by atoms with Crippen molar-refractivity contribution in [1.82, 2.24) is 10.0 Å². The van der Waals surface area contributed by atoms with Crippen molar-refractivity contribution in [2.75, 3.05) is 6.61 Å². The molecule has 0 aliphatic carbocycles. The summed E-state index contributed by atoms with van der Waals surface area (Å²) in [6, 6.07) is 0. The van der Waals surface area contributed by atoms with Gasteiger partial charge in [-0.3, -0.25) is 19.3 Å². The molecule has 28 heavy (non-hydrogen) atoms. The van der Waals surface area contributed by atoms with Gasteiger partial charge in [-0.1, -0.05) is 34.3 Å². The first-order valence-electron chi connectivity index (χ1n) is 9.62. The van der Waals surface area contributed by atoms with Crippen LogP contribution in [0.3, 0.4) is 0 Å². The molecule has 3 heterocycles. The van der Waals surface area contributed by atoms with Gasteiger partial charge in [-0.15, -0.1) is 0 Å². The molecule has 2 fully saturated rings. The maximum Gasteiger partial charge on any atom is 0.298 e. The van der Waals surface area contributed by atoms with Crippen LogP contribution in [0.15, 0.2) is 23.9 Å². The van der Waals surface area contributed by atoms with E-state index < -0.39 is 38.4 Å². The van der Waals surface area contributed by atoms with Crippen LogP contribution in [0.25, 0.3) is 0 Å². The highest BCUT2D eigenvalue weighted by atomic mass is 28.4. The van der Waals surface area contributed by atoms with Gasteiger partial charge in [-0.2, -0.15) is 5.15 Å². The first kappa shape index (κ1) is 21.3. The number of carbonyl (C=O) groups is 2. The van der Waals surface area contributed by atoms with Gasteiger partial charge in [0, 0.05) is 11.8 Å². The fraction of sp³-hybridized carbons (Fsp3) is 0.684. The van der Waals surface area contributed by atoms with E-state index in [1.807, 2.05) is 0 Å². The Kier molecular flexibility index (Phi) is 5.45. The highest BCUT2D eigenvalue weighted by Crippen LogP contribution is 2.45. The molecule has 8 nitrogen and oxygen atoms in total. The van der Waals surface area contributed by atoms with E-state index in [9.17, 15) is 14.7 Å². The monoisotopic (exact) mass is 410 g/mol. The number of nitrogens with one attached hydrogen (secondary N) is 1. The van der Waals surface area contributed by atoms with Gasteiger partial charge in [0.1, 0.15) is 11.7 Å². The predicted octanol–water partition coefficient (Wildman–Crippen LogP) is 1.52. The van der Waals surface area contributed by atoms with Gasteiger partial charge in [-0.25, -0.2) is 0 Å². The third-order valence-corrected chi connectivity index (χ3v) is 10.5. The number of Topliss-reactive ketones (excluding diaryl/α,β-unsaturated/α-hetero) is 1. The van der Waals surface area contributed by atoms with Crippen LogP contribution in [-0.4, -0.2) is 60.8 Å². The van der Waals surface area contributed by atoms with Crippen molar-refractivity contribution in [2.24, 2.45) is 0 Å². The molecule has 0 bridgehead atoms. The summed E-state index contributed by atoms with van der Waals surface area (Å²) in [5.41, 5.74) is -0.349. The van der Waals surface area contributed by atoms with E-state index in [0.717, 1.165) is 0 Å². The van der Waals surface area contributed by atoms with Crippen LogP contribution >= 0.6 is 0 Å². The molecule has 0 aromatic rings. The lowest BCUT2D eigenvalue weighted by Gasteiger charge is -2.48. The van der Waals surface area contributed by atoms with Crippen molar-refractivity contribution in [3.05, 3.63) is 23.9 Å². The zero-order chi connectivity index (χ0) is 21.0. The quantitative estimate of drug-likeness (QED) is 0.412. The molecule has 3 aliphatic rings. The number of nitrogens with zero attached hydrogens (tertiary/aromatic N) is 1. The van der Waals surface area contributed by atoms with E-state index in [4.69, 9.17) is 14.0 Å². The van der Waals surface area contributed by atoms with Crippen LogP contribution in [-0.2, 0) is 23.6 Å². The lowest BCUT2D eigenvalue weighted by molar-refractivity contribution is -0.158. The lowest BCUT2D eigenvalue weighted by Crippen LogP contribution is -2.69. The number of ketones is 1. The Morgan fingerprint density at radius 3 is 2.46 bits per heavy atom. The van der Waals surface area contributed by atoms with Crippen LogP contribution in [0.5, 0.6) is 0 Å². The van der Waals surface area contributed by atoms with E-state index >= 15 is 0 Å². The third kappa shape index (κ3) is 3.01. The highest BCUT2D eigenvalue weighted by Gasteiger charge is 2.63. The van der Waals surface area contributed by atoms with Crippen molar-refractivity contribution in [2.45, 2.75) is 76.7 Å². The zero-order valence-corrected chi connectivity index (χ0v) is 18.3. The Morgan fingerprint density at radius 1 is 1.32 bits per heavy atom. The summed E-state index contributed by atoms with van der Waals surface area (Å²) in [7, 11) is -2.52. The van der Waals surface area contributed by atoms with Crippen molar-refractivity contribution < 1.29 is 28.7 Å². The van der Waals surface area contributed by atoms with Gasteiger partial charge in [0.05, 0.1) is 12.2 Å². The van der Waals surface area contributed by atoms with Crippen molar-refractivity contribution in [3.63, 3.8) is 0 Å². The number of fused-ring (bicyclic) bond motifs is 1. The standard InChI is InChI=1S/C19H30N2O6Si/c1-10(2)28(11(3)4)20-26-15-16(27-28)19(7,9-22)25-18(15)21-8-12(5)14(23)13(6)17(21)24/h8,10-11,15-16,18,20,22H,6,9H2,1-5,7H3. The highest BCUT2D eigenvalue weighted by molar-refractivity contribution is 6.73. The predicted molar refractivity (Wildman–Crippen MR) is 104 cm³/mol. The first-order valence-corrected chi connectivity index (χ1v) is 11.7. The minimum Gasteiger partial charge on any atom is -0.393 e. The van der Waals surface area contributed by atoms with Crippen LogP contribution in [0, 0.1) is 0 Å². The SMILES string of the molecule is C=C1C(=O)C(C)=CN(C2OC(C)(CO)C3O[Si](C(C)C)(C(C)C)NOC23)C1=O. The summed E-state index contributed by atoms with van der Waals surface area (Å²) in [4.78, 5) is 32.1. The molecule has 0 aromatic carbocycles. The molecule has 1 amide bonds. The number of carbonyl (C=O) groups excluding carboxylic acids is 2. The molecule has 0 saturated carbocycles. The Bertz CT molecular complexity index is 728. The summed E-state index contributed by atoms with van der Waals surface area (Å²) in [5.74, 6) is -0.919. The van der Waals surface area contributed by atoms with Crippen molar-refractivity contribution in [1.29, 1.82) is 0 Å². The molecule has 4 atom stereocenters. The Hall–Kier alpha value is -1.36. The maximum atomic E-state index is 12.7. The summed E-state index contributed by atoms with van der Waals surface area (Å²) in [5, 5.41) is 13.3. The first-order chi connectivity index (χ1) is 13.0. The van der Waals surface area contributed by atoms with E-state index in [1.165, 1.54) is 11.1 Å². The number of amides is 1. The number of allylic oxidation sites excluding steroid dienone is 1. The van der Waals surface area contributed by atoms with E-state index in [0.29, 0.717) is 5.57 Å². The van der Waals surface area contributed by atoms with Crippen LogP contribution in [0.4, 0.5) is 0 Å². The molecule has 9 heteroatoms. The molecular weight excluding hydrogens is 380 g/mol. The average Bonchev–Trinajstić information content (AvgIpc) is 2.95. The molecule has 3 aliphatic heterocycles. The molecule has 0 radical (unpaired) electrons. The second-order valence-corrected chi connectivity index (χ2v) is 13.0. The average molecular weight is 411 g/mol. The number of hydrogen-bond acceptors (Lipinski definition) is 7. The van der Waals surface area contributed by atoms with Gasteiger partial charge in [0.2, 0.25) is 0 Å². The Balaban J connectivity index is 1.98. The Labute approximate surface area is 166 Å². The van der Waals surface area contributed by atoms with E-state index in [1.54, 1.807) is 13.8 Å². The van der Waals surface area contributed by atoms with Crippen molar-refractivity contribution in [3.8, 4) is 0 Å². The lowest BCUT2D eigenvalue weighted by atomic mass is 9.97. The Morgan fingerprint density at radius 2 is 1.93 bits per heavy atom. The fourth-order valence-corrected chi connectivity index (χ4v) is 7.66. The molecular formula is C19H30N2O6Si. The molecule has 2 saturated heterocycles. The van der Waals surface area contributed by atoms with Gasteiger partial charge in [0.15, 0.2) is 18.1 Å². The van der Waals surface area contributed by atoms with Crippen LogP contribution in [0.2, 0.25) is 11.1 Å². The van der Waals surface area contributed by atoms with Gasteiger partial charge in [0.25, 0.3) is 14.4 Å². The van der Waals surface area contributed by atoms with E-state index in [2.05, 4.69) is 39.4 Å². The topological polar surface area (TPSA) is 97.3 Å². The number of rotatable bonds is 4. The number of ether oxygens (including phenoxy) is 1. The number of aliphatic hydroxyl groups excluding tert-OH is 1. The second-order valence-electron chi connectivity index (χ2n) is 8.64. The minimum atomic E-state index is -2.52. The van der Waals surface area contributed by atoms with Crippen LogP contribution in [0.1, 0.15) is 41.5 Å². The van der Waals surface area contributed by atoms with Gasteiger partial charge in [-0.05, 0) is 24.9 Å². The molecule has 0 spiro atoms. The molecule has 3 rings (SSSR count). The summed E-state index contributed by atoms with van der Waals surface area (Å²) < 4.78 is 12.8. The normalized spacial score (nSPS) is 35.6. The molecule has 2 N–H and O–H groups in total. The van der Waals surface area contributed by atoms with Crippen molar-refractivity contribution >= 4 is 20.2 Å². The summed E-state index contributed by atoms with van der Waals surface area (Å²) >= 11 is 0. The number of hydrogen-bond donors (Lipinski definition) is 2. The molecule has 0 aromatic heterocycles. The fourth-order valence-electron chi connectivity index (χ4n) is 4.14. The maximum absolute atomic E-state index is 12.7. The molecule has 156 valence electrons. The second kappa shape index (κ2) is 7.15. The summed E-state index contributed by atoms with van der Waals surface area (Å²) in [6.45, 7) is 15.0. The summed E-state index contributed by atoms with van der Waals surface area (Å²) in [6.07, 6.45) is -0.622. The largest absolute Gasteiger partial charge is 0.393 e. The number of aliphatic hydroxyl groups is 1.